The van der Waals surface area contributed by atoms with E-state index in [1.807, 2.05) is 37.3 Å². The second-order valence-electron chi connectivity index (χ2n) is 7.93. The van der Waals surface area contributed by atoms with Crippen LogP contribution in [0.2, 0.25) is 0 Å². The number of anilines is 1. The van der Waals surface area contributed by atoms with Crippen molar-refractivity contribution in [2.75, 3.05) is 5.32 Å². The molecule has 2 aromatic heterocycles. The van der Waals surface area contributed by atoms with Gasteiger partial charge in [0.1, 0.15) is 5.69 Å². The molecule has 0 aliphatic heterocycles. The number of rotatable bonds is 5. The first kappa shape index (κ1) is 22.4. The molecule has 0 fully saturated rings. The van der Waals surface area contributed by atoms with Crippen LogP contribution < -0.4 is 5.32 Å². The number of nitrogens with one attached hydrogen (secondary N) is 1. The topological polar surface area (TPSA) is 109 Å². The van der Waals surface area contributed by atoms with Crippen molar-refractivity contribution < 1.29 is 9.90 Å². The molecule has 0 spiro atoms. The number of benzene rings is 3. The van der Waals surface area contributed by atoms with Crippen molar-refractivity contribution in [1.29, 1.82) is 0 Å². The fraction of sp³-hybridized carbons (Fsp3) is 0.0370. The number of phenolic OH excluding ortho intramolecular Hbond substituents is 1. The molecule has 0 atom stereocenters. The second-order valence-corrected chi connectivity index (χ2v) is 7.93. The quantitative estimate of drug-likeness (QED) is 0.220. The van der Waals surface area contributed by atoms with Crippen LogP contribution in [-0.2, 0) is 0 Å². The summed E-state index contributed by atoms with van der Waals surface area (Å²) in [5, 5.41) is 28.0. The van der Waals surface area contributed by atoms with Crippen LogP contribution in [-0.4, -0.2) is 25.8 Å². The summed E-state index contributed by atoms with van der Waals surface area (Å²) in [6.45, 7) is 9.40. The summed E-state index contributed by atoms with van der Waals surface area (Å²) in [6, 6.07) is 21.5. The first-order chi connectivity index (χ1) is 17.5. The molecule has 36 heavy (non-hydrogen) atoms. The molecule has 0 bridgehead atoms. The summed E-state index contributed by atoms with van der Waals surface area (Å²) in [6.07, 6.45) is 2.98. The van der Waals surface area contributed by atoms with Crippen LogP contribution in [0, 0.1) is 13.5 Å². The summed E-state index contributed by atoms with van der Waals surface area (Å²) in [5.41, 5.74) is 1.92. The van der Waals surface area contributed by atoms with Gasteiger partial charge in [0, 0.05) is 17.3 Å². The lowest BCUT2D eigenvalue weighted by molar-refractivity contribution is 0.102. The normalized spacial score (nSPS) is 11.0. The SMILES string of the molecule is [C-]#[N+]c1cnn(-c2ccccn2)c1/N=N/c1c(O)c(C(=O)Nc2cccc(C)c2)cc2ccccc12. The number of azo groups is 1. The third-order valence-corrected chi connectivity index (χ3v) is 5.47. The van der Waals surface area contributed by atoms with Gasteiger partial charge in [0.2, 0.25) is 0 Å². The molecule has 0 unspecified atom stereocenters. The van der Waals surface area contributed by atoms with Gasteiger partial charge in [0.15, 0.2) is 17.4 Å². The molecule has 5 rings (SSSR count). The predicted octanol–water partition coefficient (Wildman–Crippen LogP) is 6.65. The molecular weight excluding hydrogens is 454 g/mol. The highest BCUT2D eigenvalue weighted by Gasteiger charge is 2.20. The number of aryl methyl sites for hydroxylation is 1. The second kappa shape index (κ2) is 9.48. The van der Waals surface area contributed by atoms with Crippen molar-refractivity contribution in [3.05, 3.63) is 108 Å². The lowest BCUT2D eigenvalue weighted by Crippen LogP contribution is -2.12. The van der Waals surface area contributed by atoms with Gasteiger partial charge >= 0.3 is 0 Å². The van der Waals surface area contributed by atoms with Crippen LogP contribution >= 0.6 is 0 Å². The number of aromatic nitrogens is 3. The Morgan fingerprint density at radius 1 is 1.06 bits per heavy atom. The summed E-state index contributed by atoms with van der Waals surface area (Å²) >= 11 is 0. The summed E-state index contributed by atoms with van der Waals surface area (Å²) in [5.74, 6) is -0.194. The zero-order valence-corrected chi connectivity index (χ0v) is 19.1. The molecule has 1 amide bonds. The van der Waals surface area contributed by atoms with Gasteiger partial charge in [0.05, 0.1) is 18.3 Å². The van der Waals surface area contributed by atoms with Gasteiger partial charge in [-0.05, 0) is 48.2 Å². The molecule has 9 heteroatoms. The van der Waals surface area contributed by atoms with E-state index in [9.17, 15) is 9.90 Å². The van der Waals surface area contributed by atoms with E-state index >= 15 is 0 Å². The number of fused-ring (bicyclic) bond motifs is 1. The molecular formula is C27H19N7O2. The van der Waals surface area contributed by atoms with Crippen molar-refractivity contribution in [2.45, 2.75) is 6.92 Å². The van der Waals surface area contributed by atoms with Crippen LogP contribution in [0.3, 0.4) is 0 Å². The zero-order valence-electron chi connectivity index (χ0n) is 19.1. The molecule has 0 radical (unpaired) electrons. The van der Waals surface area contributed by atoms with Crippen LogP contribution in [0.15, 0.2) is 95.4 Å². The maximum atomic E-state index is 13.1. The minimum absolute atomic E-state index is 0.0489. The lowest BCUT2D eigenvalue weighted by Gasteiger charge is -2.11. The largest absolute Gasteiger partial charge is 0.505 e. The molecule has 5 aromatic rings. The zero-order chi connectivity index (χ0) is 25.1. The van der Waals surface area contributed by atoms with E-state index in [0.29, 0.717) is 22.3 Å². The van der Waals surface area contributed by atoms with Gasteiger partial charge < -0.3 is 10.4 Å². The number of phenols is 1. The number of carbonyl (C=O) groups excluding carboxylic acids is 1. The molecule has 0 aliphatic rings. The van der Waals surface area contributed by atoms with E-state index in [0.717, 1.165) is 5.56 Å². The van der Waals surface area contributed by atoms with E-state index in [4.69, 9.17) is 6.57 Å². The number of amides is 1. The summed E-state index contributed by atoms with van der Waals surface area (Å²) in [7, 11) is 0. The van der Waals surface area contributed by atoms with Crippen molar-refractivity contribution >= 4 is 39.6 Å². The number of nitrogens with zero attached hydrogens (tertiary/aromatic N) is 6. The number of aromatic hydroxyl groups is 1. The van der Waals surface area contributed by atoms with Gasteiger partial charge in [-0.1, -0.05) is 42.5 Å². The van der Waals surface area contributed by atoms with Gasteiger partial charge in [-0.15, -0.1) is 10.2 Å². The first-order valence-electron chi connectivity index (χ1n) is 11.0. The van der Waals surface area contributed by atoms with Crippen molar-refractivity contribution in [3.8, 4) is 11.6 Å². The third kappa shape index (κ3) is 4.26. The Hall–Kier alpha value is -5.36. The average Bonchev–Trinajstić information content (AvgIpc) is 3.31. The Morgan fingerprint density at radius 3 is 2.67 bits per heavy atom. The predicted molar refractivity (Wildman–Crippen MR) is 137 cm³/mol. The van der Waals surface area contributed by atoms with Gasteiger partial charge in [-0.2, -0.15) is 5.10 Å². The van der Waals surface area contributed by atoms with Gasteiger partial charge in [0.25, 0.3) is 11.6 Å². The van der Waals surface area contributed by atoms with E-state index in [1.165, 1.54) is 10.9 Å². The molecule has 3 aromatic carbocycles. The Bertz CT molecular complexity index is 1670. The summed E-state index contributed by atoms with van der Waals surface area (Å²) in [4.78, 5) is 20.8. The maximum absolute atomic E-state index is 13.1. The van der Waals surface area contributed by atoms with Gasteiger partial charge in [-0.3, -0.25) is 4.79 Å². The molecule has 0 aliphatic carbocycles. The fourth-order valence-electron chi connectivity index (χ4n) is 3.76. The number of pyridine rings is 1. The minimum Gasteiger partial charge on any atom is -0.505 e. The van der Waals surface area contributed by atoms with Crippen LogP contribution in [0.25, 0.3) is 21.4 Å². The van der Waals surface area contributed by atoms with E-state index in [2.05, 4.69) is 30.5 Å². The van der Waals surface area contributed by atoms with Crippen molar-refractivity contribution in [2.24, 2.45) is 10.2 Å². The summed E-state index contributed by atoms with van der Waals surface area (Å²) < 4.78 is 1.39. The highest BCUT2D eigenvalue weighted by atomic mass is 16.3. The van der Waals surface area contributed by atoms with Crippen molar-refractivity contribution in [1.82, 2.24) is 14.8 Å². The van der Waals surface area contributed by atoms with E-state index < -0.39 is 5.91 Å². The Labute approximate surface area is 206 Å². The monoisotopic (exact) mass is 473 g/mol. The van der Waals surface area contributed by atoms with E-state index in [-0.39, 0.29) is 28.5 Å². The molecule has 9 nitrogen and oxygen atoms in total. The smallest absolute Gasteiger partial charge is 0.259 e. The van der Waals surface area contributed by atoms with Crippen LogP contribution in [0.5, 0.6) is 5.75 Å². The third-order valence-electron chi connectivity index (χ3n) is 5.47. The molecule has 0 saturated carbocycles. The first-order valence-corrected chi connectivity index (χ1v) is 11.0. The number of hydrogen-bond acceptors (Lipinski definition) is 6. The molecule has 2 N–H and O–H groups in total. The Balaban J connectivity index is 1.61. The fourth-order valence-corrected chi connectivity index (χ4v) is 3.76. The highest BCUT2D eigenvalue weighted by Crippen LogP contribution is 2.40. The van der Waals surface area contributed by atoms with Crippen LogP contribution in [0.1, 0.15) is 15.9 Å². The Morgan fingerprint density at radius 2 is 1.89 bits per heavy atom. The minimum atomic E-state index is -0.485. The van der Waals surface area contributed by atoms with Crippen LogP contribution in [0.4, 0.5) is 22.9 Å². The molecule has 2 heterocycles. The average molecular weight is 473 g/mol. The van der Waals surface area contributed by atoms with Crippen molar-refractivity contribution in [3.63, 3.8) is 0 Å². The maximum Gasteiger partial charge on any atom is 0.259 e. The Kier molecular flexibility index (Phi) is 5.91. The lowest BCUT2D eigenvalue weighted by atomic mass is 10.0. The van der Waals surface area contributed by atoms with E-state index in [1.54, 1.807) is 48.7 Å². The standard InChI is InChI=1S/C27H19N7O2/c1-17-8-7-10-19(14-17)31-27(36)21-15-18-9-3-4-11-20(18)24(25(21)35)32-33-26-22(28-2)16-30-34(26)23-12-5-6-13-29-23/h3-16,35H,1H3,(H,31,36)/b33-32+. The number of carbonyl (C=O) groups is 1. The highest BCUT2D eigenvalue weighted by molar-refractivity contribution is 6.11. The number of hydrogen-bond donors (Lipinski definition) is 2. The molecule has 0 saturated heterocycles. The molecule has 174 valence electrons. The van der Waals surface area contributed by atoms with Gasteiger partial charge in [-0.25, -0.2) is 14.5 Å².